The van der Waals surface area contributed by atoms with Gasteiger partial charge in [-0.25, -0.2) is 4.98 Å². The number of rotatable bonds is 10. The molecule has 46 heavy (non-hydrogen) atoms. The third-order valence-electron chi connectivity index (χ3n) is 6.81. The number of anilines is 2. The molecule has 1 aromatic heterocycles. The van der Waals surface area contributed by atoms with Gasteiger partial charge in [-0.05, 0) is 74.9 Å². The molecule has 0 saturated carbocycles. The Bertz CT molecular complexity index is 1910. The lowest BCUT2D eigenvalue weighted by molar-refractivity contribution is -0.115. The van der Waals surface area contributed by atoms with E-state index in [1.165, 1.54) is 28.7 Å². The SMILES string of the molecule is Cc1ccc(-c2nc(NC(=O)C(C)Sc3cccc(NC(=O)/C(=C\c4cccc(Br)c4)NC(=O)c4ccccc4)c3)sc2C)cc1. The van der Waals surface area contributed by atoms with Crippen LogP contribution in [0.25, 0.3) is 17.3 Å². The molecule has 4 aromatic carbocycles. The maximum absolute atomic E-state index is 13.5. The Balaban J connectivity index is 1.26. The zero-order chi connectivity index (χ0) is 32.6. The van der Waals surface area contributed by atoms with E-state index in [2.05, 4.69) is 36.9 Å². The molecule has 7 nitrogen and oxygen atoms in total. The number of thioether (sulfide) groups is 1. The summed E-state index contributed by atoms with van der Waals surface area (Å²) >= 11 is 6.26. The van der Waals surface area contributed by atoms with Crippen molar-refractivity contribution in [2.45, 2.75) is 30.9 Å². The molecule has 0 fully saturated rings. The average Bonchev–Trinajstić information content (AvgIpc) is 3.41. The van der Waals surface area contributed by atoms with Gasteiger partial charge in [0.2, 0.25) is 5.91 Å². The normalized spacial score (nSPS) is 11.9. The molecule has 0 radical (unpaired) electrons. The lowest BCUT2D eigenvalue weighted by Crippen LogP contribution is -2.30. The van der Waals surface area contributed by atoms with Crippen molar-refractivity contribution < 1.29 is 14.4 Å². The molecule has 10 heteroatoms. The van der Waals surface area contributed by atoms with Crippen molar-refractivity contribution in [2.75, 3.05) is 10.6 Å². The summed E-state index contributed by atoms with van der Waals surface area (Å²) in [6, 6.07) is 31.5. The highest BCUT2D eigenvalue weighted by Gasteiger charge is 2.19. The molecule has 0 bridgehead atoms. The fourth-order valence-electron chi connectivity index (χ4n) is 4.44. The Morgan fingerprint density at radius 3 is 2.35 bits per heavy atom. The summed E-state index contributed by atoms with van der Waals surface area (Å²) in [5.74, 6) is -1.06. The summed E-state index contributed by atoms with van der Waals surface area (Å²) in [5, 5.41) is 8.71. The second-order valence-corrected chi connectivity index (χ2v) is 14.0. The summed E-state index contributed by atoms with van der Waals surface area (Å²) in [7, 11) is 0. The molecule has 232 valence electrons. The van der Waals surface area contributed by atoms with Crippen LogP contribution in [0, 0.1) is 13.8 Å². The number of aromatic nitrogens is 1. The second-order valence-electron chi connectivity index (χ2n) is 10.5. The van der Waals surface area contributed by atoms with E-state index in [-0.39, 0.29) is 11.6 Å². The first-order valence-electron chi connectivity index (χ1n) is 14.4. The Hall–Kier alpha value is -4.51. The van der Waals surface area contributed by atoms with Gasteiger partial charge < -0.3 is 16.0 Å². The standard InChI is InChI=1S/C36H31BrN4O3S2/c1-22-15-17-26(18-16-22)32-23(2)46-36(40-32)41-33(42)24(3)45-30-14-8-13-29(21-30)38-35(44)31(20-25-9-7-12-28(37)19-25)39-34(43)27-10-5-4-6-11-27/h4-21,24H,1-3H3,(H,38,44)(H,39,43)(H,40,41,42)/b31-20+. The van der Waals surface area contributed by atoms with E-state index < -0.39 is 17.1 Å². The van der Waals surface area contributed by atoms with E-state index in [1.54, 1.807) is 48.5 Å². The number of aryl methyl sites for hydroxylation is 2. The van der Waals surface area contributed by atoms with E-state index in [0.717, 1.165) is 31.1 Å². The van der Waals surface area contributed by atoms with Gasteiger partial charge in [0, 0.05) is 31.1 Å². The largest absolute Gasteiger partial charge is 0.321 e. The van der Waals surface area contributed by atoms with Crippen molar-refractivity contribution in [3.63, 3.8) is 0 Å². The lowest BCUT2D eigenvalue weighted by Gasteiger charge is -2.14. The van der Waals surface area contributed by atoms with Crippen LogP contribution in [0.15, 0.2) is 118 Å². The van der Waals surface area contributed by atoms with E-state index >= 15 is 0 Å². The number of nitrogens with zero attached hydrogens (tertiary/aromatic N) is 1. The van der Waals surface area contributed by atoms with E-state index in [1.807, 2.05) is 81.4 Å². The van der Waals surface area contributed by atoms with E-state index in [0.29, 0.717) is 16.4 Å². The van der Waals surface area contributed by atoms with Crippen LogP contribution in [-0.4, -0.2) is 28.0 Å². The highest BCUT2D eigenvalue weighted by molar-refractivity contribution is 9.10. The quantitative estimate of drug-likeness (QED) is 0.0995. The highest BCUT2D eigenvalue weighted by Crippen LogP contribution is 2.32. The monoisotopic (exact) mass is 710 g/mol. The van der Waals surface area contributed by atoms with Crippen LogP contribution in [0.3, 0.4) is 0 Å². The second kappa shape index (κ2) is 15.2. The molecule has 5 aromatic rings. The first kappa shape index (κ1) is 32.9. The summed E-state index contributed by atoms with van der Waals surface area (Å²) in [6.07, 6.45) is 1.62. The van der Waals surface area contributed by atoms with Crippen molar-refractivity contribution in [3.05, 3.63) is 135 Å². The lowest BCUT2D eigenvalue weighted by atomic mass is 10.1. The van der Waals surface area contributed by atoms with Gasteiger partial charge in [0.15, 0.2) is 5.13 Å². The zero-order valence-electron chi connectivity index (χ0n) is 25.3. The van der Waals surface area contributed by atoms with Crippen LogP contribution in [0.5, 0.6) is 0 Å². The minimum Gasteiger partial charge on any atom is -0.321 e. The Morgan fingerprint density at radius 1 is 0.870 bits per heavy atom. The third kappa shape index (κ3) is 8.81. The van der Waals surface area contributed by atoms with Gasteiger partial charge in [0.25, 0.3) is 11.8 Å². The Kier molecular flexibility index (Phi) is 10.8. The number of hydrogen-bond acceptors (Lipinski definition) is 6. The van der Waals surface area contributed by atoms with Crippen LogP contribution in [0.4, 0.5) is 10.8 Å². The maximum Gasteiger partial charge on any atom is 0.272 e. The number of carbonyl (C=O) groups is 3. The summed E-state index contributed by atoms with van der Waals surface area (Å²) in [4.78, 5) is 46.0. The molecule has 1 heterocycles. The van der Waals surface area contributed by atoms with Gasteiger partial charge >= 0.3 is 0 Å². The fraction of sp³-hybridized carbons (Fsp3) is 0.111. The zero-order valence-corrected chi connectivity index (χ0v) is 28.6. The number of amides is 3. The first-order chi connectivity index (χ1) is 22.1. The molecule has 5 rings (SSSR count). The van der Waals surface area contributed by atoms with Gasteiger partial charge in [-0.3, -0.25) is 14.4 Å². The van der Waals surface area contributed by atoms with Crippen LogP contribution in [-0.2, 0) is 9.59 Å². The maximum atomic E-state index is 13.5. The predicted octanol–water partition coefficient (Wildman–Crippen LogP) is 8.72. The minimum absolute atomic E-state index is 0.0847. The molecule has 1 atom stereocenters. The number of halogens is 1. The van der Waals surface area contributed by atoms with Gasteiger partial charge in [-0.15, -0.1) is 23.1 Å². The molecule has 0 spiro atoms. The van der Waals surface area contributed by atoms with Crippen molar-refractivity contribution in [1.29, 1.82) is 0 Å². The van der Waals surface area contributed by atoms with E-state index in [4.69, 9.17) is 0 Å². The minimum atomic E-state index is -0.485. The first-order valence-corrected chi connectivity index (χ1v) is 16.9. The molecule has 3 N–H and O–H groups in total. The van der Waals surface area contributed by atoms with Gasteiger partial charge in [0.1, 0.15) is 5.70 Å². The molecule has 3 amide bonds. The molecular weight excluding hydrogens is 680 g/mol. The van der Waals surface area contributed by atoms with Gasteiger partial charge in [-0.1, -0.05) is 82.2 Å². The van der Waals surface area contributed by atoms with Crippen molar-refractivity contribution in [1.82, 2.24) is 10.3 Å². The number of benzene rings is 4. The smallest absolute Gasteiger partial charge is 0.272 e. The Morgan fingerprint density at radius 2 is 1.61 bits per heavy atom. The fourth-order valence-corrected chi connectivity index (χ4v) is 6.63. The van der Waals surface area contributed by atoms with Crippen LogP contribution >= 0.6 is 39.0 Å². The van der Waals surface area contributed by atoms with Crippen LogP contribution < -0.4 is 16.0 Å². The molecule has 1 unspecified atom stereocenters. The van der Waals surface area contributed by atoms with Crippen molar-refractivity contribution in [3.8, 4) is 11.3 Å². The number of nitrogens with one attached hydrogen (secondary N) is 3. The van der Waals surface area contributed by atoms with Crippen molar-refractivity contribution in [2.24, 2.45) is 0 Å². The Labute approximate surface area is 284 Å². The third-order valence-corrected chi connectivity index (χ3v) is 9.29. The molecular formula is C36H31BrN4O3S2. The topological polar surface area (TPSA) is 100 Å². The number of hydrogen-bond donors (Lipinski definition) is 3. The molecule has 0 aliphatic heterocycles. The van der Waals surface area contributed by atoms with E-state index in [9.17, 15) is 14.4 Å². The molecule has 0 aliphatic carbocycles. The summed E-state index contributed by atoms with van der Waals surface area (Å²) in [5.41, 5.74) is 4.81. The van der Waals surface area contributed by atoms with Crippen molar-refractivity contribution >= 4 is 73.6 Å². The predicted molar refractivity (Wildman–Crippen MR) is 192 cm³/mol. The summed E-state index contributed by atoms with van der Waals surface area (Å²) in [6.45, 7) is 5.86. The highest BCUT2D eigenvalue weighted by atomic mass is 79.9. The van der Waals surface area contributed by atoms with Crippen LogP contribution in [0.2, 0.25) is 0 Å². The average molecular weight is 712 g/mol. The number of carbonyl (C=O) groups excluding carboxylic acids is 3. The summed E-state index contributed by atoms with van der Waals surface area (Å²) < 4.78 is 0.843. The molecule has 0 aliphatic rings. The number of thiazole rings is 1. The molecule has 0 saturated heterocycles. The van der Waals surface area contributed by atoms with Crippen LogP contribution in [0.1, 0.15) is 33.3 Å². The van der Waals surface area contributed by atoms with Gasteiger partial charge in [0.05, 0.1) is 10.9 Å². The van der Waals surface area contributed by atoms with Gasteiger partial charge in [-0.2, -0.15) is 0 Å².